The smallest absolute Gasteiger partial charge is 0.271 e. The van der Waals surface area contributed by atoms with Crippen LogP contribution >= 0.6 is 38.5 Å². The van der Waals surface area contributed by atoms with E-state index in [-0.39, 0.29) is 18.3 Å². The van der Waals surface area contributed by atoms with Gasteiger partial charge in [0.05, 0.1) is 16.9 Å². The van der Waals surface area contributed by atoms with E-state index in [1.54, 1.807) is 36.4 Å². The normalized spacial score (nSPS) is 10.7. The Balaban J connectivity index is 1.62. The number of amides is 2. The molecule has 7 nitrogen and oxygen atoms in total. The number of hydrogen-bond acceptors (Lipinski definition) is 5. The van der Waals surface area contributed by atoms with Gasteiger partial charge in [-0.25, -0.2) is 9.82 Å². The second-order valence-electron chi connectivity index (χ2n) is 6.58. The van der Waals surface area contributed by atoms with Gasteiger partial charge in [-0.1, -0.05) is 15.9 Å². The predicted molar refractivity (Wildman–Crippen MR) is 135 cm³/mol. The molecule has 0 saturated carbocycles. The number of benzene rings is 3. The molecule has 10 heteroatoms. The summed E-state index contributed by atoms with van der Waals surface area (Å²) in [6, 6.07) is 15.8. The summed E-state index contributed by atoms with van der Waals surface area (Å²) in [5.74, 6) is -0.339. The maximum absolute atomic E-state index is 13.0. The van der Waals surface area contributed by atoms with Gasteiger partial charge < -0.3 is 14.8 Å². The van der Waals surface area contributed by atoms with Crippen molar-refractivity contribution in [3.05, 3.63) is 85.7 Å². The summed E-state index contributed by atoms with van der Waals surface area (Å²) in [5.41, 5.74) is 4.07. The highest BCUT2D eigenvalue weighted by Gasteiger charge is 2.13. The van der Waals surface area contributed by atoms with Gasteiger partial charge in [0.2, 0.25) is 0 Å². The van der Waals surface area contributed by atoms with Crippen molar-refractivity contribution >= 4 is 62.2 Å². The lowest BCUT2D eigenvalue weighted by Crippen LogP contribution is -2.20. The van der Waals surface area contributed by atoms with E-state index in [1.165, 1.54) is 37.6 Å². The highest BCUT2D eigenvalue weighted by molar-refractivity contribution is 14.1. The quantitative estimate of drug-likeness (QED) is 0.210. The number of nitrogens with one attached hydrogen (secondary N) is 2. The van der Waals surface area contributed by atoms with E-state index >= 15 is 0 Å². The van der Waals surface area contributed by atoms with Crippen molar-refractivity contribution in [3.63, 3.8) is 0 Å². The summed E-state index contributed by atoms with van der Waals surface area (Å²) < 4.78 is 25.6. The fourth-order valence-corrected chi connectivity index (χ4v) is 3.70. The number of ether oxygens (including phenoxy) is 2. The SMILES string of the molecule is COc1cc(/C=N/NC(=O)c2ccc(Br)cc2)cc(I)c1OCC(=O)Nc1ccc(F)cc1. The summed E-state index contributed by atoms with van der Waals surface area (Å²) in [5, 5.41) is 6.61. The van der Waals surface area contributed by atoms with Crippen molar-refractivity contribution < 1.29 is 23.5 Å². The zero-order chi connectivity index (χ0) is 23.8. The number of hydrogen-bond donors (Lipinski definition) is 2. The molecule has 0 heterocycles. The molecule has 33 heavy (non-hydrogen) atoms. The molecule has 0 radical (unpaired) electrons. The molecule has 0 saturated heterocycles. The van der Waals surface area contributed by atoms with Crippen molar-refractivity contribution in [2.75, 3.05) is 19.0 Å². The molecule has 0 bridgehead atoms. The molecule has 0 atom stereocenters. The number of anilines is 1. The molecule has 0 aliphatic rings. The van der Waals surface area contributed by atoms with Gasteiger partial charge in [0.1, 0.15) is 5.82 Å². The number of halogens is 3. The van der Waals surface area contributed by atoms with E-state index in [9.17, 15) is 14.0 Å². The molecule has 0 fully saturated rings. The number of rotatable bonds is 8. The van der Waals surface area contributed by atoms with Gasteiger partial charge in [0, 0.05) is 15.7 Å². The van der Waals surface area contributed by atoms with E-state index in [0.717, 1.165) is 4.47 Å². The van der Waals surface area contributed by atoms with Gasteiger partial charge in [0.15, 0.2) is 18.1 Å². The summed E-state index contributed by atoms with van der Waals surface area (Å²) >= 11 is 5.38. The Morgan fingerprint density at radius 3 is 2.48 bits per heavy atom. The van der Waals surface area contributed by atoms with Crippen LogP contribution in [0.15, 0.2) is 70.2 Å². The Labute approximate surface area is 211 Å². The highest BCUT2D eigenvalue weighted by atomic mass is 127. The van der Waals surface area contributed by atoms with E-state index in [2.05, 4.69) is 54.4 Å². The summed E-state index contributed by atoms with van der Waals surface area (Å²) in [4.78, 5) is 24.3. The van der Waals surface area contributed by atoms with Crippen LogP contribution < -0.4 is 20.2 Å². The predicted octanol–water partition coefficient (Wildman–Crippen LogP) is 4.98. The van der Waals surface area contributed by atoms with Crippen LogP contribution in [-0.2, 0) is 4.79 Å². The molecule has 2 N–H and O–H groups in total. The third-order valence-corrected chi connectivity index (χ3v) is 5.54. The minimum absolute atomic E-state index is 0.263. The largest absolute Gasteiger partial charge is 0.493 e. The molecule has 3 aromatic rings. The number of hydrazone groups is 1. The Kier molecular flexibility index (Phi) is 8.78. The van der Waals surface area contributed by atoms with Gasteiger partial charge in [-0.2, -0.15) is 5.10 Å². The second kappa shape index (κ2) is 11.8. The molecule has 2 amide bonds. The molecule has 3 rings (SSSR count). The Morgan fingerprint density at radius 1 is 1.12 bits per heavy atom. The fourth-order valence-electron chi connectivity index (χ4n) is 2.65. The van der Waals surface area contributed by atoms with Crippen LogP contribution in [0.3, 0.4) is 0 Å². The minimum atomic E-state index is -0.402. The first-order valence-corrected chi connectivity index (χ1v) is 11.4. The van der Waals surface area contributed by atoms with Crippen LogP contribution in [0.5, 0.6) is 11.5 Å². The summed E-state index contributed by atoms with van der Waals surface area (Å²) in [6.45, 7) is -0.263. The standard InChI is InChI=1S/C23H18BrFIN3O4/c1-32-20-11-14(12-27-29-23(31)15-2-4-16(24)5-3-15)10-19(26)22(20)33-13-21(30)28-18-8-6-17(25)7-9-18/h2-12H,13H2,1H3,(H,28,30)(H,29,31)/b27-12+. The van der Waals surface area contributed by atoms with Gasteiger partial charge in [-0.3, -0.25) is 9.59 Å². The van der Waals surface area contributed by atoms with Crippen LogP contribution in [0.1, 0.15) is 15.9 Å². The number of methoxy groups -OCH3 is 1. The first-order chi connectivity index (χ1) is 15.9. The Bertz CT molecular complexity index is 1170. The van der Waals surface area contributed by atoms with Crippen LogP contribution in [0, 0.1) is 9.39 Å². The second-order valence-corrected chi connectivity index (χ2v) is 8.66. The maximum Gasteiger partial charge on any atom is 0.271 e. The minimum Gasteiger partial charge on any atom is -0.493 e. The van der Waals surface area contributed by atoms with E-state index in [0.29, 0.717) is 31.9 Å². The molecular formula is C23H18BrFIN3O4. The van der Waals surface area contributed by atoms with Crippen molar-refractivity contribution in [1.82, 2.24) is 5.43 Å². The summed E-state index contributed by atoms with van der Waals surface area (Å²) in [6.07, 6.45) is 1.48. The van der Waals surface area contributed by atoms with Crippen molar-refractivity contribution in [2.24, 2.45) is 5.10 Å². The van der Waals surface area contributed by atoms with Crippen LogP contribution in [0.2, 0.25) is 0 Å². The molecule has 0 unspecified atom stereocenters. The van der Waals surface area contributed by atoms with Crippen molar-refractivity contribution in [1.29, 1.82) is 0 Å². The van der Waals surface area contributed by atoms with Crippen LogP contribution in [0.25, 0.3) is 0 Å². The third-order valence-electron chi connectivity index (χ3n) is 4.21. The van der Waals surface area contributed by atoms with Gasteiger partial charge in [-0.15, -0.1) is 0 Å². The first kappa shape index (κ1) is 24.6. The van der Waals surface area contributed by atoms with Gasteiger partial charge >= 0.3 is 0 Å². The van der Waals surface area contributed by atoms with E-state index in [1.807, 2.05) is 0 Å². The van der Waals surface area contributed by atoms with Crippen LogP contribution in [-0.4, -0.2) is 31.7 Å². The Morgan fingerprint density at radius 2 is 1.82 bits per heavy atom. The van der Waals surface area contributed by atoms with Crippen molar-refractivity contribution in [3.8, 4) is 11.5 Å². The lowest BCUT2D eigenvalue weighted by Gasteiger charge is -2.13. The van der Waals surface area contributed by atoms with Gasteiger partial charge in [-0.05, 0) is 88.8 Å². The molecule has 0 aliphatic carbocycles. The zero-order valence-corrected chi connectivity index (χ0v) is 21.0. The molecule has 170 valence electrons. The average Bonchev–Trinajstić information content (AvgIpc) is 2.80. The highest BCUT2D eigenvalue weighted by Crippen LogP contribution is 2.33. The zero-order valence-electron chi connectivity index (χ0n) is 17.3. The molecule has 3 aromatic carbocycles. The molecular weight excluding hydrogens is 608 g/mol. The third kappa shape index (κ3) is 7.26. The lowest BCUT2D eigenvalue weighted by atomic mass is 10.2. The monoisotopic (exact) mass is 625 g/mol. The average molecular weight is 626 g/mol. The Hall–Kier alpha value is -2.99. The van der Waals surface area contributed by atoms with Crippen molar-refractivity contribution in [2.45, 2.75) is 0 Å². The van der Waals surface area contributed by atoms with E-state index < -0.39 is 5.91 Å². The topological polar surface area (TPSA) is 89.0 Å². The first-order valence-electron chi connectivity index (χ1n) is 9.50. The van der Waals surface area contributed by atoms with Gasteiger partial charge in [0.25, 0.3) is 11.8 Å². The molecule has 0 aromatic heterocycles. The number of carbonyl (C=O) groups excluding carboxylic acids is 2. The molecule has 0 aliphatic heterocycles. The van der Waals surface area contributed by atoms with E-state index in [4.69, 9.17) is 9.47 Å². The fraction of sp³-hybridized carbons (Fsp3) is 0.0870. The maximum atomic E-state index is 13.0. The number of carbonyl (C=O) groups is 2. The number of nitrogens with zero attached hydrogens (tertiary/aromatic N) is 1. The molecule has 0 spiro atoms. The summed E-state index contributed by atoms with van der Waals surface area (Å²) in [7, 11) is 1.48. The lowest BCUT2D eigenvalue weighted by molar-refractivity contribution is -0.118. The van der Waals surface area contributed by atoms with Crippen LogP contribution in [0.4, 0.5) is 10.1 Å².